The van der Waals surface area contributed by atoms with E-state index < -0.39 is 0 Å². The second-order valence-corrected chi connectivity index (χ2v) is 6.74. The van der Waals surface area contributed by atoms with Gasteiger partial charge in [-0.15, -0.1) is 0 Å². The molecule has 0 aliphatic carbocycles. The fraction of sp³-hybridized carbons (Fsp3) is 0.333. The molecular weight excluding hydrogens is 358 g/mol. The topological polar surface area (TPSA) is 72.7 Å². The van der Waals surface area contributed by atoms with Crippen molar-refractivity contribution in [1.82, 2.24) is 5.32 Å². The summed E-state index contributed by atoms with van der Waals surface area (Å²) in [4.78, 5) is 0. The number of halogens is 1. The first-order chi connectivity index (χ1) is 11.1. The quantitative estimate of drug-likeness (QED) is 0.660. The molecule has 0 radical (unpaired) electrons. The lowest BCUT2D eigenvalue weighted by molar-refractivity contribution is 0.275. The zero-order valence-electron chi connectivity index (χ0n) is 12.7. The number of phenols is 1. The van der Waals surface area contributed by atoms with Crippen LogP contribution in [0.5, 0.6) is 5.75 Å². The summed E-state index contributed by atoms with van der Waals surface area (Å²) >= 11 is 3.53. The van der Waals surface area contributed by atoms with Gasteiger partial charge in [0.1, 0.15) is 5.75 Å². The standard InChI is InChI=1S/C18H20BrNO3/c19-16-6-14(10-22)18(23)8-13(16)7-17-15-2-1-11(9-21)5-12(15)3-4-20-17/h1-2,5-6,8,17,20-23H,3-4,7,9-10H2/t17-/m0/s1. The Balaban J connectivity index is 1.89. The highest BCUT2D eigenvalue weighted by molar-refractivity contribution is 9.10. The summed E-state index contributed by atoms with van der Waals surface area (Å²) in [5.41, 5.74) is 4.97. The Kier molecular flexibility index (Phi) is 5.02. The number of hydrogen-bond acceptors (Lipinski definition) is 4. The second-order valence-electron chi connectivity index (χ2n) is 5.88. The van der Waals surface area contributed by atoms with Gasteiger partial charge in [0.05, 0.1) is 13.2 Å². The van der Waals surface area contributed by atoms with Crippen LogP contribution in [0.15, 0.2) is 34.8 Å². The van der Waals surface area contributed by atoms with Gasteiger partial charge >= 0.3 is 0 Å². The number of benzene rings is 2. The molecule has 4 nitrogen and oxygen atoms in total. The number of rotatable bonds is 4. The van der Waals surface area contributed by atoms with Gasteiger partial charge in [-0.2, -0.15) is 0 Å². The van der Waals surface area contributed by atoms with Crippen LogP contribution in [0.25, 0.3) is 0 Å². The predicted molar refractivity (Wildman–Crippen MR) is 92.2 cm³/mol. The van der Waals surface area contributed by atoms with Crippen LogP contribution in [0.2, 0.25) is 0 Å². The van der Waals surface area contributed by atoms with Crippen LogP contribution < -0.4 is 5.32 Å². The van der Waals surface area contributed by atoms with Gasteiger partial charge in [0, 0.05) is 16.1 Å². The Morgan fingerprint density at radius 2 is 1.91 bits per heavy atom. The third-order valence-corrected chi connectivity index (χ3v) is 5.13. The summed E-state index contributed by atoms with van der Waals surface area (Å²) in [6.45, 7) is 0.775. The molecule has 0 spiro atoms. The van der Waals surface area contributed by atoms with E-state index in [0.717, 1.165) is 35.0 Å². The van der Waals surface area contributed by atoms with E-state index in [-0.39, 0.29) is 25.0 Å². The van der Waals surface area contributed by atoms with Crippen molar-refractivity contribution in [1.29, 1.82) is 0 Å². The van der Waals surface area contributed by atoms with E-state index in [1.165, 1.54) is 11.1 Å². The largest absolute Gasteiger partial charge is 0.508 e. The first-order valence-electron chi connectivity index (χ1n) is 7.69. The van der Waals surface area contributed by atoms with Crippen LogP contribution in [0.4, 0.5) is 0 Å². The highest BCUT2D eigenvalue weighted by atomic mass is 79.9. The smallest absolute Gasteiger partial charge is 0.121 e. The van der Waals surface area contributed by atoms with E-state index in [0.29, 0.717) is 5.56 Å². The van der Waals surface area contributed by atoms with Crippen molar-refractivity contribution in [2.45, 2.75) is 32.1 Å². The van der Waals surface area contributed by atoms with Crippen molar-refractivity contribution in [3.8, 4) is 5.75 Å². The molecule has 2 aromatic carbocycles. The molecule has 1 atom stereocenters. The maximum Gasteiger partial charge on any atom is 0.121 e. The number of aliphatic hydroxyl groups is 2. The van der Waals surface area contributed by atoms with Crippen LogP contribution in [0.1, 0.15) is 33.9 Å². The second kappa shape index (κ2) is 7.01. The van der Waals surface area contributed by atoms with Crippen molar-refractivity contribution < 1.29 is 15.3 Å². The Labute approximate surface area is 143 Å². The molecule has 0 amide bonds. The first-order valence-corrected chi connectivity index (χ1v) is 8.48. The molecule has 0 saturated heterocycles. The molecule has 1 aliphatic heterocycles. The van der Waals surface area contributed by atoms with Crippen molar-refractivity contribution >= 4 is 15.9 Å². The molecule has 4 N–H and O–H groups in total. The predicted octanol–water partition coefficient (Wildman–Crippen LogP) is 2.57. The van der Waals surface area contributed by atoms with Gasteiger partial charge in [0.15, 0.2) is 0 Å². The SMILES string of the molecule is OCc1ccc2c(c1)CCN[C@H]2Cc1cc(O)c(CO)cc1Br. The lowest BCUT2D eigenvalue weighted by Gasteiger charge is -2.28. The molecule has 122 valence electrons. The lowest BCUT2D eigenvalue weighted by Crippen LogP contribution is -2.31. The van der Waals surface area contributed by atoms with Crippen molar-refractivity contribution in [2.75, 3.05) is 6.54 Å². The third kappa shape index (κ3) is 3.43. The van der Waals surface area contributed by atoms with Crippen LogP contribution in [-0.2, 0) is 26.1 Å². The van der Waals surface area contributed by atoms with E-state index in [1.807, 2.05) is 6.07 Å². The molecular formula is C18H20BrNO3. The van der Waals surface area contributed by atoms with Gasteiger partial charge in [-0.05, 0) is 53.8 Å². The summed E-state index contributed by atoms with van der Waals surface area (Å²) in [5.74, 6) is 0.123. The fourth-order valence-corrected chi connectivity index (χ4v) is 3.69. The minimum atomic E-state index is -0.181. The summed E-state index contributed by atoms with van der Waals surface area (Å²) in [7, 11) is 0. The maximum absolute atomic E-state index is 9.98. The van der Waals surface area contributed by atoms with E-state index in [4.69, 9.17) is 0 Å². The molecule has 3 rings (SSSR count). The number of aromatic hydroxyl groups is 1. The lowest BCUT2D eigenvalue weighted by atomic mass is 9.89. The fourth-order valence-electron chi connectivity index (χ4n) is 3.14. The van der Waals surface area contributed by atoms with E-state index >= 15 is 0 Å². The Morgan fingerprint density at radius 1 is 1.09 bits per heavy atom. The van der Waals surface area contributed by atoms with Gasteiger partial charge < -0.3 is 20.6 Å². The van der Waals surface area contributed by atoms with Crippen molar-refractivity contribution in [3.05, 3.63) is 62.6 Å². The van der Waals surface area contributed by atoms with Crippen molar-refractivity contribution in [2.24, 2.45) is 0 Å². The van der Waals surface area contributed by atoms with Gasteiger partial charge in [-0.25, -0.2) is 0 Å². The summed E-state index contributed by atoms with van der Waals surface area (Å²) in [6, 6.07) is 9.76. The van der Waals surface area contributed by atoms with Crippen molar-refractivity contribution in [3.63, 3.8) is 0 Å². The molecule has 2 aromatic rings. The number of fused-ring (bicyclic) bond motifs is 1. The number of aliphatic hydroxyl groups excluding tert-OH is 2. The van der Waals surface area contributed by atoms with Gasteiger partial charge in [-0.1, -0.05) is 34.1 Å². The highest BCUT2D eigenvalue weighted by Crippen LogP contribution is 2.32. The van der Waals surface area contributed by atoms with E-state index in [9.17, 15) is 15.3 Å². The molecule has 0 bridgehead atoms. The van der Waals surface area contributed by atoms with E-state index in [2.05, 4.69) is 33.4 Å². The zero-order chi connectivity index (χ0) is 16.4. The Morgan fingerprint density at radius 3 is 2.65 bits per heavy atom. The van der Waals surface area contributed by atoms with Gasteiger partial charge in [0.2, 0.25) is 0 Å². The summed E-state index contributed by atoms with van der Waals surface area (Å²) < 4.78 is 0.889. The maximum atomic E-state index is 9.98. The molecule has 23 heavy (non-hydrogen) atoms. The summed E-state index contributed by atoms with van der Waals surface area (Å²) in [5, 5.41) is 32.0. The molecule has 0 aromatic heterocycles. The number of hydrogen-bond donors (Lipinski definition) is 4. The van der Waals surface area contributed by atoms with Crippen LogP contribution >= 0.6 is 15.9 Å². The van der Waals surface area contributed by atoms with E-state index in [1.54, 1.807) is 12.1 Å². The third-order valence-electron chi connectivity index (χ3n) is 4.39. The first kappa shape index (κ1) is 16.5. The van der Waals surface area contributed by atoms with Crippen LogP contribution in [0, 0.1) is 0 Å². The normalized spacial score (nSPS) is 17.1. The molecule has 1 heterocycles. The number of nitrogens with one attached hydrogen (secondary N) is 1. The zero-order valence-corrected chi connectivity index (χ0v) is 14.3. The minimum Gasteiger partial charge on any atom is -0.508 e. The monoisotopic (exact) mass is 377 g/mol. The highest BCUT2D eigenvalue weighted by Gasteiger charge is 2.21. The molecule has 0 unspecified atom stereocenters. The van der Waals surface area contributed by atoms with Gasteiger partial charge in [-0.3, -0.25) is 0 Å². The molecule has 0 saturated carbocycles. The molecule has 5 heteroatoms. The van der Waals surface area contributed by atoms with Gasteiger partial charge in [0.25, 0.3) is 0 Å². The van der Waals surface area contributed by atoms with Crippen LogP contribution in [0.3, 0.4) is 0 Å². The molecule has 1 aliphatic rings. The molecule has 0 fully saturated rings. The minimum absolute atomic E-state index is 0.0629. The average molecular weight is 378 g/mol. The Bertz CT molecular complexity index is 718. The van der Waals surface area contributed by atoms with Crippen LogP contribution in [-0.4, -0.2) is 21.9 Å². The summed E-state index contributed by atoms with van der Waals surface area (Å²) in [6.07, 6.45) is 1.70. The average Bonchev–Trinajstić information content (AvgIpc) is 2.57. The Hall–Kier alpha value is -1.40.